The van der Waals surface area contributed by atoms with Gasteiger partial charge < -0.3 is 5.11 Å². The lowest BCUT2D eigenvalue weighted by Crippen LogP contribution is -1.99. The van der Waals surface area contributed by atoms with E-state index in [4.69, 9.17) is 5.26 Å². The van der Waals surface area contributed by atoms with E-state index >= 15 is 0 Å². The lowest BCUT2D eigenvalue weighted by molar-refractivity contribution is 0.445. The fraction of sp³-hybridized carbons (Fsp3) is 0.300. The van der Waals surface area contributed by atoms with Crippen LogP contribution in [0.4, 0.5) is 8.78 Å². The number of phenols is 1. The Bertz CT molecular complexity index is 361. The first-order chi connectivity index (χ1) is 6.60. The zero-order chi connectivity index (χ0) is 10.7. The van der Waals surface area contributed by atoms with Gasteiger partial charge in [0.1, 0.15) is 17.4 Å². The molecule has 0 aliphatic carbocycles. The van der Waals surface area contributed by atoms with E-state index in [1.54, 1.807) is 6.92 Å². The van der Waals surface area contributed by atoms with Crippen molar-refractivity contribution in [2.75, 3.05) is 0 Å². The van der Waals surface area contributed by atoms with Gasteiger partial charge >= 0.3 is 0 Å². The fourth-order valence-corrected chi connectivity index (χ4v) is 1.28. The molecule has 0 spiro atoms. The van der Waals surface area contributed by atoms with Crippen LogP contribution in [0.15, 0.2) is 12.1 Å². The Kier molecular flexibility index (Phi) is 3.03. The minimum atomic E-state index is -0.879. The van der Waals surface area contributed by atoms with E-state index in [-0.39, 0.29) is 5.56 Å². The maximum absolute atomic E-state index is 13.2. The average molecular weight is 197 g/mol. The molecule has 74 valence electrons. The van der Waals surface area contributed by atoms with Crippen molar-refractivity contribution in [3.05, 3.63) is 29.3 Å². The third-order valence-electron chi connectivity index (χ3n) is 1.99. The fourth-order valence-electron chi connectivity index (χ4n) is 1.28. The molecular weight excluding hydrogens is 188 g/mol. The highest BCUT2D eigenvalue weighted by Gasteiger charge is 2.18. The first-order valence-electron chi connectivity index (χ1n) is 4.17. The quantitative estimate of drug-likeness (QED) is 0.792. The summed E-state index contributed by atoms with van der Waals surface area (Å²) in [5.74, 6) is -2.97. The van der Waals surface area contributed by atoms with Crippen LogP contribution in [0.5, 0.6) is 5.75 Å². The molecule has 1 atom stereocenters. The molecule has 0 aromatic heterocycles. The van der Waals surface area contributed by atoms with Crippen molar-refractivity contribution in [2.45, 2.75) is 19.3 Å². The minimum absolute atomic E-state index is 0.128. The van der Waals surface area contributed by atoms with E-state index in [0.29, 0.717) is 12.5 Å². The van der Waals surface area contributed by atoms with Crippen LogP contribution in [0.1, 0.15) is 24.8 Å². The van der Waals surface area contributed by atoms with Crippen LogP contribution >= 0.6 is 0 Å². The molecule has 0 bridgehead atoms. The van der Waals surface area contributed by atoms with Crippen molar-refractivity contribution in [2.24, 2.45) is 0 Å². The topological polar surface area (TPSA) is 44.0 Å². The monoisotopic (exact) mass is 197 g/mol. The molecule has 0 aliphatic heterocycles. The van der Waals surface area contributed by atoms with Crippen molar-refractivity contribution < 1.29 is 13.9 Å². The maximum atomic E-state index is 13.2. The van der Waals surface area contributed by atoms with E-state index < -0.39 is 23.3 Å². The van der Waals surface area contributed by atoms with Gasteiger partial charge in [0.2, 0.25) is 0 Å². The van der Waals surface area contributed by atoms with E-state index in [2.05, 4.69) is 0 Å². The van der Waals surface area contributed by atoms with Gasteiger partial charge in [0.25, 0.3) is 0 Å². The number of nitrogens with zero attached hydrogens (tertiary/aromatic N) is 1. The second kappa shape index (κ2) is 4.05. The highest BCUT2D eigenvalue weighted by atomic mass is 19.1. The molecule has 0 fully saturated rings. The smallest absolute Gasteiger partial charge is 0.134 e. The third kappa shape index (κ3) is 1.82. The Hall–Kier alpha value is -1.63. The van der Waals surface area contributed by atoms with E-state index in [0.717, 1.165) is 6.07 Å². The molecule has 1 N–H and O–H groups in total. The van der Waals surface area contributed by atoms with Crippen molar-refractivity contribution in [3.63, 3.8) is 0 Å². The number of benzene rings is 1. The molecule has 0 amide bonds. The molecular formula is C10H9F2NO. The van der Waals surface area contributed by atoms with Crippen LogP contribution in [-0.4, -0.2) is 5.11 Å². The predicted octanol–water partition coefficient (Wildman–Crippen LogP) is 2.69. The molecule has 4 heteroatoms. The summed E-state index contributed by atoms with van der Waals surface area (Å²) in [6, 6.07) is 3.31. The highest BCUT2D eigenvalue weighted by molar-refractivity contribution is 5.39. The number of aromatic hydroxyl groups is 1. The summed E-state index contributed by atoms with van der Waals surface area (Å²) in [5.41, 5.74) is -0.128. The van der Waals surface area contributed by atoms with Gasteiger partial charge in [0.15, 0.2) is 0 Å². The Balaban J connectivity index is 3.28. The van der Waals surface area contributed by atoms with Crippen molar-refractivity contribution in [1.29, 1.82) is 5.26 Å². The summed E-state index contributed by atoms with van der Waals surface area (Å²) in [5, 5.41) is 17.9. The van der Waals surface area contributed by atoms with E-state index in [1.807, 2.05) is 6.07 Å². The molecule has 1 unspecified atom stereocenters. The zero-order valence-corrected chi connectivity index (χ0v) is 7.59. The van der Waals surface area contributed by atoms with Crippen LogP contribution < -0.4 is 0 Å². The molecule has 1 aromatic carbocycles. The first kappa shape index (κ1) is 10.5. The van der Waals surface area contributed by atoms with Crippen molar-refractivity contribution in [3.8, 4) is 11.8 Å². The Morgan fingerprint density at radius 2 is 2.14 bits per heavy atom. The molecule has 0 saturated carbocycles. The maximum Gasteiger partial charge on any atom is 0.134 e. The first-order valence-corrected chi connectivity index (χ1v) is 4.17. The minimum Gasteiger partial charge on any atom is -0.507 e. The summed E-state index contributed by atoms with van der Waals surface area (Å²) in [7, 11) is 0. The molecule has 2 nitrogen and oxygen atoms in total. The number of rotatable bonds is 2. The Labute approximate surface area is 80.4 Å². The van der Waals surface area contributed by atoms with Crippen molar-refractivity contribution in [1.82, 2.24) is 0 Å². The van der Waals surface area contributed by atoms with Crippen LogP contribution in [0.2, 0.25) is 0 Å². The van der Waals surface area contributed by atoms with Gasteiger partial charge in [-0.05, 0) is 6.42 Å². The molecule has 1 aromatic rings. The van der Waals surface area contributed by atoms with Gasteiger partial charge in [-0.15, -0.1) is 0 Å². The number of hydrogen-bond acceptors (Lipinski definition) is 2. The van der Waals surface area contributed by atoms with E-state index in [9.17, 15) is 13.9 Å². The Morgan fingerprint density at radius 1 is 1.50 bits per heavy atom. The molecule has 1 rings (SSSR count). The standard InChI is InChI=1S/C10H9F2NO/c1-2-6(5-13)10-8(12)3-7(11)4-9(10)14/h3-4,6,14H,2H2,1H3. The second-order valence-corrected chi connectivity index (χ2v) is 2.91. The molecule has 0 radical (unpaired) electrons. The van der Waals surface area contributed by atoms with E-state index in [1.165, 1.54) is 0 Å². The second-order valence-electron chi connectivity index (χ2n) is 2.91. The highest BCUT2D eigenvalue weighted by Crippen LogP contribution is 2.30. The van der Waals surface area contributed by atoms with Gasteiger partial charge in [0.05, 0.1) is 12.0 Å². The van der Waals surface area contributed by atoms with Gasteiger partial charge in [-0.1, -0.05) is 6.92 Å². The van der Waals surface area contributed by atoms with Crippen molar-refractivity contribution >= 4 is 0 Å². The summed E-state index contributed by atoms with van der Waals surface area (Å²) in [6.45, 7) is 1.69. The number of phenolic OH excluding ortho intramolecular Hbond substituents is 1. The third-order valence-corrected chi connectivity index (χ3v) is 1.99. The number of halogens is 2. The van der Waals surface area contributed by atoms with Crippen LogP contribution in [-0.2, 0) is 0 Å². The van der Waals surface area contributed by atoms with Crippen LogP contribution in [0.25, 0.3) is 0 Å². The lowest BCUT2D eigenvalue weighted by atomic mass is 9.96. The predicted molar refractivity (Wildman–Crippen MR) is 46.7 cm³/mol. The summed E-state index contributed by atoms with van der Waals surface area (Å²) >= 11 is 0. The zero-order valence-electron chi connectivity index (χ0n) is 7.59. The average Bonchev–Trinajstić information content (AvgIpc) is 2.10. The van der Waals surface area contributed by atoms with Crippen LogP contribution in [0, 0.1) is 23.0 Å². The molecule has 14 heavy (non-hydrogen) atoms. The summed E-state index contributed by atoms with van der Waals surface area (Å²) < 4.78 is 25.8. The van der Waals surface area contributed by atoms with Gasteiger partial charge in [0, 0.05) is 17.7 Å². The summed E-state index contributed by atoms with van der Waals surface area (Å²) in [4.78, 5) is 0. The SMILES string of the molecule is CCC(C#N)c1c(O)cc(F)cc1F. The van der Waals surface area contributed by atoms with Crippen LogP contribution in [0.3, 0.4) is 0 Å². The van der Waals surface area contributed by atoms with Gasteiger partial charge in [-0.2, -0.15) is 5.26 Å². The largest absolute Gasteiger partial charge is 0.507 e. The molecule has 0 saturated heterocycles. The lowest BCUT2D eigenvalue weighted by Gasteiger charge is -2.09. The Morgan fingerprint density at radius 3 is 2.57 bits per heavy atom. The van der Waals surface area contributed by atoms with Gasteiger partial charge in [-0.3, -0.25) is 0 Å². The normalized spacial score (nSPS) is 12.1. The molecule has 0 heterocycles. The van der Waals surface area contributed by atoms with Gasteiger partial charge in [-0.25, -0.2) is 8.78 Å². The number of hydrogen-bond donors (Lipinski definition) is 1. The molecule has 0 aliphatic rings. The summed E-state index contributed by atoms with van der Waals surface area (Å²) in [6.07, 6.45) is 0.368. The number of nitriles is 1.